The van der Waals surface area contributed by atoms with Crippen LogP contribution in [0.5, 0.6) is 17.2 Å². The number of hydrogen-bond donors (Lipinski definition) is 1. The Kier molecular flexibility index (Phi) is 4.52. The number of nitro groups is 1. The Morgan fingerprint density at radius 1 is 1.28 bits per heavy atom. The molecule has 25 heavy (non-hydrogen) atoms. The van der Waals surface area contributed by atoms with E-state index >= 15 is 0 Å². The summed E-state index contributed by atoms with van der Waals surface area (Å²) in [5, 5.41) is 26.2. The molecule has 0 spiro atoms. The molecule has 0 bridgehead atoms. The van der Waals surface area contributed by atoms with E-state index in [1.807, 2.05) is 0 Å². The van der Waals surface area contributed by atoms with Crippen LogP contribution < -0.4 is 20.0 Å². The highest BCUT2D eigenvalue weighted by molar-refractivity contribution is 9.10. The number of fused-ring (bicyclic) bond motifs is 1. The summed E-state index contributed by atoms with van der Waals surface area (Å²) in [5.41, 5.74) is 2.05. The van der Waals surface area contributed by atoms with Gasteiger partial charge < -0.3 is 14.6 Å². The number of nitro benzene ring substituents is 1. The fourth-order valence-electron chi connectivity index (χ4n) is 2.06. The molecule has 0 atom stereocenters. The smallest absolute Gasteiger partial charge is 0.270 e. The Morgan fingerprint density at radius 3 is 2.72 bits per heavy atom. The van der Waals surface area contributed by atoms with Gasteiger partial charge in [-0.05, 0) is 28.1 Å². The monoisotopic (exact) mass is 406 g/mol. The SMILES string of the molecule is O=C(N/N=C/c1cc2c(cc1Br)OCO2)c1cc([N+](=O)[O-])ccc1[O-]. The molecule has 0 fully saturated rings. The highest BCUT2D eigenvalue weighted by Crippen LogP contribution is 2.36. The van der Waals surface area contributed by atoms with Crippen LogP contribution in [0, 0.1) is 10.1 Å². The average Bonchev–Trinajstić information content (AvgIpc) is 3.02. The number of amides is 1. The summed E-state index contributed by atoms with van der Waals surface area (Å²) in [6.45, 7) is 0.123. The molecule has 0 aliphatic carbocycles. The number of nitrogens with zero attached hydrogens (tertiary/aromatic N) is 2. The summed E-state index contributed by atoms with van der Waals surface area (Å²) in [6.07, 6.45) is 1.34. The second-order valence-electron chi connectivity index (χ2n) is 4.86. The largest absolute Gasteiger partial charge is 0.872 e. The molecule has 0 aromatic heterocycles. The van der Waals surface area contributed by atoms with Crippen LogP contribution >= 0.6 is 15.9 Å². The fraction of sp³-hybridized carbons (Fsp3) is 0.0667. The maximum absolute atomic E-state index is 12.0. The van der Waals surface area contributed by atoms with Gasteiger partial charge in [0.25, 0.3) is 11.6 Å². The Bertz CT molecular complexity index is 899. The predicted molar refractivity (Wildman–Crippen MR) is 87.9 cm³/mol. The summed E-state index contributed by atoms with van der Waals surface area (Å²) < 4.78 is 11.1. The molecule has 0 unspecified atom stereocenters. The topological polar surface area (TPSA) is 126 Å². The highest BCUT2D eigenvalue weighted by atomic mass is 79.9. The van der Waals surface area contributed by atoms with Crippen molar-refractivity contribution < 1.29 is 24.3 Å². The number of carbonyl (C=O) groups is 1. The number of carbonyl (C=O) groups excluding carboxylic acids is 1. The molecule has 2 aromatic carbocycles. The van der Waals surface area contributed by atoms with Crippen LogP contribution in [0.4, 0.5) is 5.69 Å². The zero-order valence-corrected chi connectivity index (χ0v) is 14.0. The van der Waals surface area contributed by atoms with Gasteiger partial charge in [-0.3, -0.25) is 14.9 Å². The predicted octanol–water partition coefficient (Wildman–Crippen LogP) is 1.92. The van der Waals surface area contributed by atoms with Crippen LogP contribution in [0.25, 0.3) is 0 Å². The maximum atomic E-state index is 12.0. The van der Waals surface area contributed by atoms with Gasteiger partial charge in [-0.1, -0.05) is 11.8 Å². The number of hydrogen-bond acceptors (Lipinski definition) is 7. The second-order valence-corrected chi connectivity index (χ2v) is 5.72. The molecule has 0 radical (unpaired) electrons. The number of non-ortho nitro benzene ring substituents is 1. The number of nitrogens with one attached hydrogen (secondary N) is 1. The normalized spacial score (nSPS) is 12.4. The molecule has 0 saturated carbocycles. The van der Waals surface area contributed by atoms with Gasteiger partial charge in [-0.2, -0.15) is 5.10 Å². The van der Waals surface area contributed by atoms with E-state index in [1.165, 1.54) is 6.21 Å². The van der Waals surface area contributed by atoms with Crippen molar-refractivity contribution in [2.24, 2.45) is 5.10 Å². The molecule has 1 amide bonds. The highest BCUT2D eigenvalue weighted by Gasteiger charge is 2.16. The lowest BCUT2D eigenvalue weighted by Crippen LogP contribution is -2.19. The van der Waals surface area contributed by atoms with Crippen LogP contribution in [0.1, 0.15) is 15.9 Å². The number of hydrazone groups is 1. The maximum Gasteiger partial charge on any atom is 0.270 e. The van der Waals surface area contributed by atoms with Crippen molar-refractivity contribution in [1.29, 1.82) is 0 Å². The zero-order valence-electron chi connectivity index (χ0n) is 12.4. The lowest BCUT2D eigenvalue weighted by Gasteiger charge is -2.10. The van der Waals surface area contributed by atoms with Crippen LogP contribution in [0.2, 0.25) is 0 Å². The van der Waals surface area contributed by atoms with Gasteiger partial charge in [-0.25, -0.2) is 5.43 Å². The first kappa shape index (κ1) is 16.7. The summed E-state index contributed by atoms with van der Waals surface area (Å²) in [5.74, 6) is -0.360. The van der Waals surface area contributed by atoms with E-state index in [0.717, 1.165) is 18.2 Å². The number of ether oxygens (including phenoxy) is 2. The van der Waals surface area contributed by atoms with Gasteiger partial charge >= 0.3 is 0 Å². The molecule has 0 saturated heterocycles. The van der Waals surface area contributed by atoms with Crippen LogP contribution in [-0.4, -0.2) is 23.8 Å². The standard InChI is InChI=1S/C15H10BrN3O6/c16-11-5-14-13(24-7-25-14)3-8(11)6-17-18-15(21)10-4-9(19(22)23)1-2-12(10)20/h1-6,20H,7H2,(H,18,21)/p-1/b17-6+. The first-order valence-corrected chi connectivity index (χ1v) is 7.63. The van der Waals surface area contributed by atoms with Crippen molar-refractivity contribution >= 4 is 33.7 Å². The van der Waals surface area contributed by atoms with Crippen LogP contribution in [-0.2, 0) is 0 Å². The molecular formula is C15H9BrN3O6-. The number of halogens is 1. The molecule has 3 rings (SSSR count). The minimum absolute atomic E-state index is 0.123. The van der Waals surface area contributed by atoms with Gasteiger partial charge in [-0.15, -0.1) is 0 Å². The molecule has 2 aromatic rings. The van der Waals surface area contributed by atoms with E-state index in [1.54, 1.807) is 12.1 Å². The Morgan fingerprint density at radius 2 is 2.00 bits per heavy atom. The molecule has 1 aliphatic heterocycles. The third-order valence-electron chi connectivity index (χ3n) is 3.28. The molecule has 1 N–H and O–H groups in total. The molecular weight excluding hydrogens is 398 g/mol. The molecule has 9 nitrogen and oxygen atoms in total. The molecule has 10 heteroatoms. The molecule has 1 heterocycles. The van der Waals surface area contributed by atoms with Crippen molar-refractivity contribution in [2.45, 2.75) is 0 Å². The summed E-state index contributed by atoms with van der Waals surface area (Å²) in [7, 11) is 0. The Labute approximate surface area is 149 Å². The van der Waals surface area contributed by atoms with E-state index in [2.05, 4.69) is 26.5 Å². The number of benzene rings is 2. The van der Waals surface area contributed by atoms with E-state index < -0.39 is 16.6 Å². The lowest BCUT2D eigenvalue weighted by molar-refractivity contribution is -0.385. The van der Waals surface area contributed by atoms with Gasteiger partial charge in [0.2, 0.25) is 6.79 Å². The van der Waals surface area contributed by atoms with E-state index in [0.29, 0.717) is 21.5 Å². The summed E-state index contributed by atoms with van der Waals surface area (Å²) in [4.78, 5) is 22.0. The Balaban J connectivity index is 1.76. The van der Waals surface area contributed by atoms with Crippen molar-refractivity contribution in [3.8, 4) is 17.2 Å². The van der Waals surface area contributed by atoms with Crippen molar-refractivity contribution in [3.63, 3.8) is 0 Å². The summed E-state index contributed by atoms with van der Waals surface area (Å²) >= 11 is 3.33. The van der Waals surface area contributed by atoms with Gasteiger partial charge in [0.05, 0.1) is 11.1 Å². The Hall–Kier alpha value is -3.14. The second kappa shape index (κ2) is 6.77. The summed E-state index contributed by atoms with van der Waals surface area (Å²) in [6, 6.07) is 6.26. The van der Waals surface area contributed by atoms with Crippen molar-refractivity contribution in [1.82, 2.24) is 5.43 Å². The van der Waals surface area contributed by atoms with Gasteiger partial charge in [0.15, 0.2) is 11.5 Å². The van der Waals surface area contributed by atoms with Crippen molar-refractivity contribution in [3.05, 3.63) is 56.0 Å². The van der Waals surface area contributed by atoms with Gasteiger partial charge in [0, 0.05) is 27.7 Å². The van der Waals surface area contributed by atoms with Crippen LogP contribution in [0.3, 0.4) is 0 Å². The zero-order chi connectivity index (χ0) is 18.0. The van der Waals surface area contributed by atoms with E-state index in [-0.39, 0.29) is 18.0 Å². The first-order chi connectivity index (χ1) is 12.0. The third-order valence-corrected chi connectivity index (χ3v) is 3.97. The van der Waals surface area contributed by atoms with E-state index in [4.69, 9.17) is 9.47 Å². The van der Waals surface area contributed by atoms with Crippen molar-refractivity contribution in [2.75, 3.05) is 6.79 Å². The quantitative estimate of drug-likeness (QED) is 0.469. The van der Waals surface area contributed by atoms with Gasteiger partial charge in [0.1, 0.15) is 0 Å². The fourth-order valence-corrected chi connectivity index (χ4v) is 2.49. The van der Waals surface area contributed by atoms with E-state index in [9.17, 15) is 20.0 Å². The molecule has 1 aliphatic rings. The third kappa shape index (κ3) is 3.53. The average molecular weight is 407 g/mol. The minimum Gasteiger partial charge on any atom is -0.872 e. The molecule has 128 valence electrons. The number of rotatable bonds is 4. The first-order valence-electron chi connectivity index (χ1n) is 6.83. The lowest BCUT2D eigenvalue weighted by atomic mass is 10.1. The van der Waals surface area contributed by atoms with Crippen LogP contribution in [0.15, 0.2) is 39.9 Å². The minimum atomic E-state index is -0.846.